The summed E-state index contributed by atoms with van der Waals surface area (Å²) in [5.41, 5.74) is 7.67. The highest BCUT2D eigenvalue weighted by atomic mass is 16.3. The summed E-state index contributed by atoms with van der Waals surface area (Å²) < 4.78 is 0. The van der Waals surface area contributed by atoms with Crippen LogP contribution in [0.3, 0.4) is 0 Å². The van der Waals surface area contributed by atoms with Gasteiger partial charge in [-0.05, 0) is 70.9 Å². The smallest absolute Gasteiger partial charge is 0.116 e. The number of benzene rings is 3. The van der Waals surface area contributed by atoms with Gasteiger partial charge in [-0.15, -0.1) is 0 Å². The fourth-order valence-electron chi connectivity index (χ4n) is 3.55. The van der Waals surface area contributed by atoms with Gasteiger partial charge >= 0.3 is 0 Å². The van der Waals surface area contributed by atoms with E-state index >= 15 is 0 Å². The highest BCUT2D eigenvalue weighted by Crippen LogP contribution is 2.34. The molecule has 0 bridgehead atoms. The van der Waals surface area contributed by atoms with Crippen molar-refractivity contribution in [1.29, 1.82) is 0 Å². The van der Waals surface area contributed by atoms with Crippen molar-refractivity contribution in [3.63, 3.8) is 0 Å². The fourth-order valence-corrected chi connectivity index (χ4v) is 3.55. The van der Waals surface area contributed by atoms with Gasteiger partial charge in [-0.1, -0.05) is 74.5 Å². The highest BCUT2D eigenvalue weighted by Gasteiger charge is 2.16. The van der Waals surface area contributed by atoms with Gasteiger partial charge in [0.2, 0.25) is 0 Å². The Morgan fingerprint density at radius 3 is 1.88 bits per heavy atom. The molecule has 0 atom stereocenters. The lowest BCUT2D eigenvalue weighted by atomic mass is 9.84. The minimum atomic E-state index is 0.303. The van der Waals surface area contributed by atoms with Crippen molar-refractivity contribution >= 4 is 11.6 Å². The number of phenols is 1. The zero-order valence-corrected chi connectivity index (χ0v) is 15.6. The number of rotatable bonds is 1. The number of hydrogen-bond donors (Lipinski definition) is 1. The maximum atomic E-state index is 9.80. The SMILES string of the molecule is CC.Oc1cccc(C=C2c3ccccc3CCCc3ccccc32)c1. The molecule has 0 heterocycles. The number of aryl methyl sites for hydroxylation is 2. The second kappa shape index (κ2) is 8.53. The monoisotopic (exact) mass is 342 g/mol. The minimum absolute atomic E-state index is 0.303. The van der Waals surface area contributed by atoms with E-state index in [1.807, 2.05) is 32.0 Å². The van der Waals surface area contributed by atoms with E-state index in [0.29, 0.717) is 5.75 Å². The molecule has 0 saturated carbocycles. The molecule has 0 fully saturated rings. The van der Waals surface area contributed by atoms with Gasteiger partial charge in [0.15, 0.2) is 0 Å². The van der Waals surface area contributed by atoms with Crippen molar-refractivity contribution < 1.29 is 5.11 Å². The van der Waals surface area contributed by atoms with Crippen LogP contribution in [0.2, 0.25) is 0 Å². The van der Waals surface area contributed by atoms with Crippen molar-refractivity contribution in [2.24, 2.45) is 0 Å². The van der Waals surface area contributed by atoms with Gasteiger partial charge in [0, 0.05) is 0 Å². The Morgan fingerprint density at radius 1 is 0.731 bits per heavy atom. The summed E-state index contributed by atoms with van der Waals surface area (Å²) in [6.45, 7) is 4.00. The topological polar surface area (TPSA) is 20.2 Å². The lowest BCUT2D eigenvalue weighted by Gasteiger charge is -2.20. The highest BCUT2D eigenvalue weighted by molar-refractivity contribution is 5.93. The van der Waals surface area contributed by atoms with E-state index in [4.69, 9.17) is 0 Å². The van der Waals surface area contributed by atoms with E-state index in [-0.39, 0.29) is 0 Å². The molecule has 1 aliphatic rings. The number of fused-ring (bicyclic) bond motifs is 2. The van der Waals surface area contributed by atoms with Crippen LogP contribution in [0.1, 0.15) is 48.1 Å². The quantitative estimate of drug-likeness (QED) is 0.535. The average Bonchev–Trinajstić information content (AvgIpc) is 2.68. The van der Waals surface area contributed by atoms with Gasteiger partial charge in [0.05, 0.1) is 0 Å². The average molecular weight is 342 g/mol. The first-order chi connectivity index (χ1) is 12.8. The van der Waals surface area contributed by atoms with Gasteiger partial charge < -0.3 is 5.11 Å². The van der Waals surface area contributed by atoms with Crippen molar-refractivity contribution in [3.8, 4) is 5.75 Å². The molecule has 1 aliphatic carbocycles. The van der Waals surface area contributed by atoms with Crippen molar-refractivity contribution in [2.45, 2.75) is 33.1 Å². The summed E-state index contributed by atoms with van der Waals surface area (Å²) in [7, 11) is 0. The first-order valence-electron chi connectivity index (χ1n) is 9.48. The molecule has 1 nitrogen and oxygen atoms in total. The van der Waals surface area contributed by atoms with Crippen LogP contribution in [0.5, 0.6) is 5.75 Å². The molecule has 0 radical (unpaired) electrons. The van der Waals surface area contributed by atoms with Crippen LogP contribution in [0, 0.1) is 0 Å². The van der Waals surface area contributed by atoms with E-state index in [9.17, 15) is 5.11 Å². The van der Waals surface area contributed by atoms with Crippen LogP contribution in [0.25, 0.3) is 11.6 Å². The Morgan fingerprint density at radius 2 is 1.31 bits per heavy atom. The van der Waals surface area contributed by atoms with Crippen molar-refractivity contribution in [1.82, 2.24) is 0 Å². The largest absolute Gasteiger partial charge is 0.508 e. The zero-order valence-electron chi connectivity index (χ0n) is 15.6. The summed E-state index contributed by atoms with van der Waals surface area (Å²) in [6, 6.07) is 24.8. The molecule has 1 N–H and O–H groups in total. The Bertz CT molecular complexity index is 856. The summed E-state index contributed by atoms with van der Waals surface area (Å²) in [6.07, 6.45) is 5.57. The molecule has 0 aliphatic heterocycles. The van der Waals surface area contributed by atoms with Gasteiger partial charge in [0.1, 0.15) is 5.75 Å². The molecule has 0 spiro atoms. The van der Waals surface area contributed by atoms with E-state index in [1.165, 1.54) is 34.2 Å². The van der Waals surface area contributed by atoms with Gasteiger partial charge in [0.25, 0.3) is 0 Å². The van der Waals surface area contributed by atoms with Crippen LogP contribution in [-0.4, -0.2) is 5.11 Å². The Balaban J connectivity index is 0.000000948. The second-order valence-corrected chi connectivity index (χ2v) is 6.32. The molecule has 0 aromatic heterocycles. The van der Waals surface area contributed by atoms with Crippen LogP contribution < -0.4 is 0 Å². The Hall–Kier alpha value is -2.80. The zero-order chi connectivity index (χ0) is 18.4. The van der Waals surface area contributed by atoms with Gasteiger partial charge in [-0.25, -0.2) is 0 Å². The Kier molecular flexibility index (Phi) is 5.91. The lowest BCUT2D eigenvalue weighted by Crippen LogP contribution is -2.04. The van der Waals surface area contributed by atoms with E-state index in [1.54, 1.807) is 6.07 Å². The van der Waals surface area contributed by atoms with Crippen molar-refractivity contribution in [2.75, 3.05) is 0 Å². The molecular weight excluding hydrogens is 316 g/mol. The molecule has 132 valence electrons. The first-order valence-corrected chi connectivity index (χ1v) is 9.48. The molecule has 26 heavy (non-hydrogen) atoms. The summed E-state index contributed by atoms with van der Waals surface area (Å²) >= 11 is 0. The number of hydrogen-bond acceptors (Lipinski definition) is 1. The standard InChI is InChI=1S/C23H20O.C2H6/c24-20-12-5-7-17(15-20)16-23-21-13-3-1-8-18(21)10-6-11-19-9-2-4-14-22(19)23;1-2/h1-5,7-9,12-16,24H,6,10-11H2;1-2H3. The molecule has 4 rings (SSSR count). The molecule has 0 amide bonds. The van der Waals surface area contributed by atoms with Gasteiger partial charge in [-0.3, -0.25) is 0 Å². The molecule has 0 saturated heterocycles. The van der Waals surface area contributed by atoms with Crippen LogP contribution >= 0.6 is 0 Å². The molecule has 3 aromatic carbocycles. The number of aromatic hydroxyl groups is 1. The van der Waals surface area contributed by atoms with Crippen LogP contribution in [0.4, 0.5) is 0 Å². The molecule has 1 heteroatoms. The third-order valence-corrected chi connectivity index (χ3v) is 4.69. The fraction of sp³-hybridized carbons (Fsp3) is 0.200. The van der Waals surface area contributed by atoms with Crippen molar-refractivity contribution in [3.05, 3.63) is 101 Å². The lowest BCUT2D eigenvalue weighted by molar-refractivity contribution is 0.475. The maximum absolute atomic E-state index is 9.80. The first kappa shape index (κ1) is 18.0. The van der Waals surface area contributed by atoms with E-state index in [0.717, 1.165) is 18.4 Å². The predicted molar refractivity (Wildman–Crippen MR) is 111 cm³/mol. The molecular formula is C25H26O. The minimum Gasteiger partial charge on any atom is -0.508 e. The predicted octanol–water partition coefficient (Wildman–Crippen LogP) is 6.50. The maximum Gasteiger partial charge on any atom is 0.116 e. The third kappa shape index (κ3) is 3.88. The molecule has 0 unspecified atom stereocenters. The summed E-state index contributed by atoms with van der Waals surface area (Å²) in [4.78, 5) is 0. The summed E-state index contributed by atoms with van der Waals surface area (Å²) in [5, 5.41) is 9.80. The van der Waals surface area contributed by atoms with Crippen LogP contribution in [-0.2, 0) is 12.8 Å². The van der Waals surface area contributed by atoms with E-state index in [2.05, 4.69) is 54.6 Å². The third-order valence-electron chi connectivity index (χ3n) is 4.69. The Labute approximate surface area is 156 Å². The summed E-state index contributed by atoms with van der Waals surface area (Å²) in [5.74, 6) is 0.303. The molecule has 3 aromatic rings. The van der Waals surface area contributed by atoms with E-state index < -0.39 is 0 Å². The second-order valence-electron chi connectivity index (χ2n) is 6.32. The van der Waals surface area contributed by atoms with Gasteiger partial charge in [-0.2, -0.15) is 0 Å². The number of phenolic OH excluding ortho intramolecular Hbond substituents is 1. The normalized spacial score (nSPS) is 12.6. The van der Waals surface area contributed by atoms with Crippen LogP contribution in [0.15, 0.2) is 72.8 Å².